The first-order valence-corrected chi connectivity index (χ1v) is 18.5. The van der Waals surface area contributed by atoms with Gasteiger partial charge in [0.05, 0.1) is 19.3 Å². The molecule has 0 radical (unpaired) electrons. The molecule has 48 heavy (non-hydrogen) atoms. The van der Waals surface area contributed by atoms with E-state index in [0.717, 1.165) is 27.5 Å². The number of hydrogen-bond donors (Lipinski definition) is 3. The predicted octanol–water partition coefficient (Wildman–Crippen LogP) is 8.28. The number of fused-ring (bicyclic) bond motifs is 1. The molecule has 5 rings (SSSR count). The fourth-order valence-corrected chi connectivity index (χ4v) is 11.2. The third kappa shape index (κ3) is 7.61. The van der Waals surface area contributed by atoms with E-state index < -0.39 is 14.4 Å². The van der Waals surface area contributed by atoms with E-state index in [2.05, 4.69) is 94.1 Å². The summed E-state index contributed by atoms with van der Waals surface area (Å²) >= 11 is 0. The number of hydrogen-bond acceptors (Lipinski definition) is 4. The molecule has 0 aromatic heterocycles. The van der Waals surface area contributed by atoms with Gasteiger partial charge in [-0.15, -0.1) is 0 Å². The van der Waals surface area contributed by atoms with E-state index in [4.69, 9.17) is 4.43 Å². The van der Waals surface area contributed by atoms with E-state index in [1.54, 1.807) is 12.1 Å². The minimum atomic E-state index is -2.83. The average molecular weight is 655 g/mol. The minimum absolute atomic E-state index is 0.205. The second kappa shape index (κ2) is 15.6. The van der Waals surface area contributed by atoms with Crippen molar-refractivity contribution in [1.29, 1.82) is 0 Å². The van der Waals surface area contributed by atoms with Crippen LogP contribution in [0.4, 0.5) is 0 Å². The van der Waals surface area contributed by atoms with Gasteiger partial charge in [0.1, 0.15) is 5.75 Å². The van der Waals surface area contributed by atoms with Crippen LogP contribution in [0.15, 0.2) is 151 Å². The van der Waals surface area contributed by atoms with Crippen molar-refractivity contribution in [2.75, 3.05) is 13.2 Å². The predicted molar refractivity (Wildman–Crippen MR) is 203 cm³/mol. The summed E-state index contributed by atoms with van der Waals surface area (Å²) in [5.74, 6) is 0.247. The van der Waals surface area contributed by atoms with Crippen molar-refractivity contribution in [2.24, 2.45) is 0 Å². The fraction of sp³-hybridized carbons (Fsp3) is 0.209. The highest BCUT2D eigenvalue weighted by Gasteiger charge is 2.50. The summed E-state index contributed by atoms with van der Waals surface area (Å²) in [5.41, 5.74) is 4.36. The second-order valence-corrected chi connectivity index (χ2v) is 17.5. The van der Waals surface area contributed by atoms with Crippen LogP contribution >= 0.6 is 0 Å². The number of aliphatic hydroxyl groups excluding tert-OH is 2. The number of aliphatic hydroxyl groups is 2. The first-order chi connectivity index (χ1) is 23.2. The van der Waals surface area contributed by atoms with Gasteiger partial charge in [-0.1, -0.05) is 161 Å². The summed E-state index contributed by atoms with van der Waals surface area (Å²) in [4.78, 5) is 0. The number of aromatic hydroxyl groups is 1. The van der Waals surface area contributed by atoms with Gasteiger partial charge in [0, 0.05) is 5.39 Å². The van der Waals surface area contributed by atoms with Crippen molar-refractivity contribution in [3.8, 4) is 5.75 Å². The molecule has 0 saturated carbocycles. The first kappa shape index (κ1) is 34.8. The Labute approximate surface area is 286 Å². The molecule has 5 heteroatoms. The van der Waals surface area contributed by atoms with E-state index in [-0.39, 0.29) is 24.0 Å². The van der Waals surface area contributed by atoms with Crippen molar-refractivity contribution in [1.82, 2.24) is 0 Å². The van der Waals surface area contributed by atoms with Crippen LogP contribution in [0.25, 0.3) is 22.4 Å². The average Bonchev–Trinajstić information content (AvgIpc) is 3.11. The van der Waals surface area contributed by atoms with Crippen LogP contribution in [-0.2, 0) is 4.43 Å². The molecular weight excluding hydrogens is 609 g/mol. The van der Waals surface area contributed by atoms with E-state index in [0.29, 0.717) is 24.0 Å². The molecular formula is C43H46O4Si. The van der Waals surface area contributed by atoms with Crippen LogP contribution < -0.4 is 10.4 Å². The maximum absolute atomic E-state index is 11.7. The van der Waals surface area contributed by atoms with Gasteiger partial charge in [-0.05, 0) is 67.6 Å². The number of benzene rings is 5. The molecule has 1 unspecified atom stereocenters. The van der Waals surface area contributed by atoms with Crippen molar-refractivity contribution in [3.63, 3.8) is 0 Å². The lowest BCUT2D eigenvalue weighted by Crippen LogP contribution is -2.66. The van der Waals surface area contributed by atoms with Gasteiger partial charge < -0.3 is 19.7 Å². The molecule has 3 N–H and O–H groups in total. The Hall–Kier alpha value is -4.52. The molecule has 0 aliphatic carbocycles. The number of phenolic OH excluding ortho intramolecular Hbond substituents is 1. The monoisotopic (exact) mass is 654 g/mol. The Morgan fingerprint density at radius 3 is 1.88 bits per heavy atom. The lowest BCUT2D eigenvalue weighted by molar-refractivity contribution is 0.199. The first-order valence-electron chi connectivity index (χ1n) is 16.5. The Morgan fingerprint density at radius 2 is 1.31 bits per heavy atom. The Kier molecular flexibility index (Phi) is 11.3. The lowest BCUT2D eigenvalue weighted by Gasteiger charge is -2.43. The third-order valence-corrected chi connectivity index (χ3v) is 14.0. The van der Waals surface area contributed by atoms with E-state index in [1.165, 1.54) is 10.4 Å². The highest BCUT2D eigenvalue weighted by atomic mass is 28.4. The Bertz CT molecular complexity index is 1830. The zero-order valence-electron chi connectivity index (χ0n) is 28.1. The SMILES string of the molecule is C=C(CO[Si](c1ccccc1)(c1ccccc1)C(C)(C)C)/C(=C/CO)C(O)CC/C(=C/c1ccc(O)c2ccccc12)c1ccccc1. The summed E-state index contributed by atoms with van der Waals surface area (Å²) in [5, 5.41) is 36.0. The zero-order chi connectivity index (χ0) is 34.1. The third-order valence-electron chi connectivity index (χ3n) is 9.05. The summed E-state index contributed by atoms with van der Waals surface area (Å²) in [7, 11) is -2.83. The van der Waals surface area contributed by atoms with Gasteiger partial charge in [-0.25, -0.2) is 0 Å². The number of rotatable bonds is 13. The van der Waals surface area contributed by atoms with Gasteiger partial charge >= 0.3 is 0 Å². The minimum Gasteiger partial charge on any atom is -0.507 e. The molecule has 0 bridgehead atoms. The zero-order valence-corrected chi connectivity index (χ0v) is 29.1. The van der Waals surface area contributed by atoms with Gasteiger partial charge in [0.15, 0.2) is 0 Å². The maximum atomic E-state index is 11.7. The topological polar surface area (TPSA) is 69.9 Å². The standard InChI is InChI=1S/C43H46O4Si/c1-32(31-47-48(43(2,3)4,36-18-10-6-11-19-36)37-20-12-7-13-21-37)38(28-29-44)41(45)26-24-34(33-16-8-5-9-17-33)30-35-25-27-42(46)40-23-15-14-22-39(35)40/h5-23,25,27-28,30,41,44-46H,1,24,26,29,31H2,2-4H3/b34-30-,38-28-. The molecule has 5 aromatic rings. The van der Waals surface area contributed by atoms with Crippen LogP contribution in [0.3, 0.4) is 0 Å². The maximum Gasteiger partial charge on any atom is 0.261 e. The van der Waals surface area contributed by atoms with E-state index in [1.807, 2.05) is 60.7 Å². The summed E-state index contributed by atoms with van der Waals surface area (Å²) in [6, 6.07) is 42.5. The molecule has 0 spiro atoms. The smallest absolute Gasteiger partial charge is 0.261 e. The molecule has 1 atom stereocenters. The van der Waals surface area contributed by atoms with E-state index >= 15 is 0 Å². The molecule has 0 aliphatic heterocycles. The molecule has 4 nitrogen and oxygen atoms in total. The molecule has 0 amide bonds. The second-order valence-electron chi connectivity index (χ2n) is 13.2. The van der Waals surface area contributed by atoms with Crippen molar-refractivity contribution in [3.05, 3.63) is 162 Å². The summed E-state index contributed by atoms with van der Waals surface area (Å²) < 4.78 is 7.10. The Balaban J connectivity index is 1.42. The van der Waals surface area contributed by atoms with Crippen molar-refractivity contribution < 1.29 is 19.7 Å². The van der Waals surface area contributed by atoms with Gasteiger partial charge in [0.25, 0.3) is 8.32 Å². The van der Waals surface area contributed by atoms with Gasteiger partial charge in [-0.2, -0.15) is 0 Å². The van der Waals surface area contributed by atoms with Crippen LogP contribution in [0, 0.1) is 0 Å². The van der Waals surface area contributed by atoms with Crippen LogP contribution in [-0.4, -0.2) is 43.0 Å². The molecule has 246 valence electrons. The molecule has 0 fully saturated rings. The lowest BCUT2D eigenvalue weighted by atomic mass is 9.92. The normalized spacial score (nSPS) is 13.4. The van der Waals surface area contributed by atoms with E-state index in [9.17, 15) is 15.3 Å². The molecule has 0 aliphatic rings. The number of phenols is 1. The van der Waals surface area contributed by atoms with Gasteiger partial charge in [0.2, 0.25) is 0 Å². The molecule has 5 aromatic carbocycles. The highest BCUT2D eigenvalue weighted by molar-refractivity contribution is 6.99. The highest BCUT2D eigenvalue weighted by Crippen LogP contribution is 2.38. The van der Waals surface area contributed by atoms with Crippen LogP contribution in [0.2, 0.25) is 5.04 Å². The molecule has 0 heterocycles. The van der Waals surface area contributed by atoms with Gasteiger partial charge in [-0.3, -0.25) is 0 Å². The Morgan fingerprint density at radius 1 is 0.771 bits per heavy atom. The number of allylic oxidation sites excluding steroid dienone is 1. The van der Waals surface area contributed by atoms with Crippen LogP contribution in [0.5, 0.6) is 5.75 Å². The van der Waals surface area contributed by atoms with Crippen molar-refractivity contribution >= 4 is 41.1 Å². The van der Waals surface area contributed by atoms with Crippen LogP contribution in [0.1, 0.15) is 44.7 Å². The fourth-order valence-electron chi connectivity index (χ4n) is 6.67. The summed E-state index contributed by atoms with van der Waals surface area (Å²) in [6.07, 6.45) is 3.92. The quantitative estimate of drug-likeness (QED) is 0.0679. The summed E-state index contributed by atoms with van der Waals surface area (Å²) in [6.45, 7) is 11.1. The largest absolute Gasteiger partial charge is 0.507 e. The molecule has 0 saturated heterocycles. The van der Waals surface area contributed by atoms with Crippen molar-refractivity contribution in [2.45, 2.75) is 44.8 Å².